The summed E-state index contributed by atoms with van der Waals surface area (Å²) in [5.74, 6) is 0.816. The number of hydrogen-bond donors (Lipinski definition) is 2. The van der Waals surface area contributed by atoms with Gasteiger partial charge in [0, 0.05) is 17.1 Å². The van der Waals surface area contributed by atoms with Crippen LogP contribution >= 0.6 is 11.3 Å². The first-order valence-corrected chi connectivity index (χ1v) is 6.26. The van der Waals surface area contributed by atoms with Crippen LogP contribution in [-0.2, 0) is 0 Å². The number of anilines is 2. The van der Waals surface area contributed by atoms with Crippen molar-refractivity contribution >= 4 is 28.1 Å². The van der Waals surface area contributed by atoms with E-state index in [4.69, 9.17) is 15.2 Å². The van der Waals surface area contributed by atoms with E-state index < -0.39 is 0 Å². The third-order valence-electron chi connectivity index (χ3n) is 2.40. The zero-order valence-corrected chi connectivity index (χ0v) is 11.3. The second-order valence-corrected chi connectivity index (χ2v) is 4.48. The van der Waals surface area contributed by atoms with E-state index in [9.17, 15) is 4.79 Å². The summed E-state index contributed by atoms with van der Waals surface area (Å²) in [6.07, 6.45) is 0. The fraction of sp³-hybridized carbons (Fsp3) is 0.167. The monoisotopic (exact) mass is 279 g/mol. The molecule has 0 bridgehead atoms. The van der Waals surface area contributed by atoms with Crippen LogP contribution in [0.3, 0.4) is 0 Å². The second kappa shape index (κ2) is 5.57. The van der Waals surface area contributed by atoms with Crippen LogP contribution < -0.4 is 20.5 Å². The Morgan fingerprint density at radius 2 is 2.05 bits per heavy atom. The summed E-state index contributed by atoms with van der Waals surface area (Å²) in [5.41, 5.74) is 6.37. The van der Waals surface area contributed by atoms with Gasteiger partial charge in [0.2, 0.25) is 0 Å². The van der Waals surface area contributed by atoms with Crippen molar-refractivity contribution in [1.82, 2.24) is 4.98 Å². The van der Waals surface area contributed by atoms with Crippen molar-refractivity contribution in [2.45, 2.75) is 0 Å². The first-order chi connectivity index (χ1) is 9.13. The van der Waals surface area contributed by atoms with Crippen LogP contribution in [0.25, 0.3) is 0 Å². The van der Waals surface area contributed by atoms with Crippen molar-refractivity contribution in [3.63, 3.8) is 0 Å². The minimum absolute atomic E-state index is 0.289. The molecule has 0 atom stereocenters. The van der Waals surface area contributed by atoms with Gasteiger partial charge in [-0.25, -0.2) is 4.98 Å². The molecule has 0 aliphatic rings. The minimum atomic E-state index is -0.319. The molecule has 0 radical (unpaired) electrons. The van der Waals surface area contributed by atoms with Gasteiger partial charge in [-0.05, 0) is 12.1 Å². The van der Waals surface area contributed by atoms with Crippen LogP contribution in [0.15, 0.2) is 23.6 Å². The van der Waals surface area contributed by atoms with Gasteiger partial charge in [0.05, 0.1) is 14.2 Å². The van der Waals surface area contributed by atoms with E-state index in [0.29, 0.717) is 22.3 Å². The molecule has 1 aromatic heterocycles. The Balaban J connectivity index is 2.17. The molecule has 7 heteroatoms. The number of nitrogen functional groups attached to an aromatic ring is 1. The Morgan fingerprint density at radius 1 is 1.32 bits per heavy atom. The van der Waals surface area contributed by atoms with E-state index in [1.807, 2.05) is 0 Å². The predicted molar refractivity (Wildman–Crippen MR) is 74.0 cm³/mol. The summed E-state index contributed by atoms with van der Waals surface area (Å²) in [4.78, 5) is 15.8. The fourth-order valence-corrected chi connectivity index (χ4v) is 2.04. The van der Waals surface area contributed by atoms with Crippen molar-refractivity contribution in [1.29, 1.82) is 0 Å². The number of carbonyl (C=O) groups excluding carboxylic acids is 1. The molecule has 100 valence electrons. The highest BCUT2D eigenvalue weighted by molar-refractivity contribution is 7.13. The second-order valence-electron chi connectivity index (χ2n) is 3.59. The van der Waals surface area contributed by atoms with Gasteiger partial charge in [-0.3, -0.25) is 4.79 Å². The number of nitrogens with two attached hydrogens (primary N) is 1. The van der Waals surface area contributed by atoms with E-state index >= 15 is 0 Å². The maximum atomic E-state index is 11.9. The number of nitrogens with one attached hydrogen (secondary N) is 1. The molecule has 1 aromatic carbocycles. The Morgan fingerprint density at radius 3 is 2.63 bits per heavy atom. The maximum Gasteiger partial charge on any atom is 0.275 e. The zero-order valence-electron chi connectivity index (χ0n) is 10.5. The highest BCUT2D eigenvalue weighted by Gasteiger charge is 2.11. The Bertz CT molecular complexity index is 598. The van der Waals surface area contributed by atoms with E-state index in [2.05, 4.69) is 10.3 Å². The lowest BCUT2D eigenvalue weighted by atomic mass is 10.2. The van der Waals surface area contributed by atoms with Crippen molar-refractivity contribution in [3.05, 3.63) is 29.3 Å². The highest BCUT2D eigenvalue weighted by Crippen LogP contribution is 2.29. The standard InChI is InChI=1S/C12H13N3O3S/c1-17-9-4-3-7(5-10(9)18-2)14-11(16)8-6-19-12(13)15-8/h3-6H,1-2H3,(H2,13,15)(H,14,16). The Hall–Kier alpha value is -2.28. The van der Waals surface area contributed by atoms with E-state index in [1.54, 1.807) is 30.7 Å². The summed E-state index contributed by atoms with van der Waals surface area (Å²) in [6, 6.07) is 5.10. The summed E-state index contributed by atoms with van der Waals surface area (Å²) in [5, 5.41) is 4.67. The van der Waals surface area contributed by atoms with Crippen LogP contribution in [0.2, 0.25) is 0 Å². The van der Waals surface area contributed by atoms with Gasteiger partial charge in [-0.15, -0.1) is 11.3 Å². The molecule has 0 saturated carbocycles. The third-order valence-corrected chi connectivity index (χ3v) is 3.07. The van der Waals surface area contributed by atoms with Crippen LogP contribution in [0.4, 0.5) is 10.8 Å². The van der Waals surface area contributed by atoms with E-state index in [0.717, 1.165) is 0 Å². The molecule has 6 nitrogen and oxygen atoms in total. The number of amides is 1. The predicted octanol–water partition coefficient (Wildman–Crippen LogP) is 1.99. The Labute approximate surface area is 114 Å². The lowest BCUT2D eigenvalue weighted by molar-refractivity contribution is 0.102. The smallest absolute Gasteiger partial charge is 0.275 e. The number of ether oxygens (including phenoxy) is 2. The van der Waals surface area contributed by atoms with Gasteiger partial charge in [-0.1, -0.05) is 0 Å². The highest BCUT2D eigenvalue weighted by atomic mass is 32.1. The van der Waals surface area contributed by atoms with Crippen molar-refractivity contribution in [2.75, 3.05) is 25.3 Å². The topological polar surface area (TPSA) is 86.5 Å². The molecule has 2 rings (SSSR count). The SMILES string of the molecule is COc1ccc(NC(=O)c2csc(N)n2)cc1OC. The zero-order chi connectivity index (χ0) is 13.8. The number of carbonyl (C=O) groups is 1. The molecular weight excluding hydrogens is 266 g/mol. The summed E-state index contributed by atoms with van der Waals surface area (Å²) >= 11 is 1.22. The first-order valence-electron chi connectivity index (χ1n) is 5.38. The molecule has 2 aromatic rings. The average Bonchev–Trinajstić information content (AvgIpc) is 2.85. The maximum absolute atomic E-state index is 11.9. The van der Waals surface area contributed by atoms with Crippen LogP contribution in [0.1, 0.15) is 10.5 Å². The van der Waals surface area contributed by atoms with Crippen LogP contribution in [0.5, 0.6) is 11.5 Å². The molecule has 0 saturated heterocycles. The van der Waals surface area contributed by atoms with Crippen molar-refractivity contribution < 1.29 is 14.3 Å². The van der Waals surface area contributed by atoms with Crippen molar-refractivity contribution in [2.24, 2.45) is 0 Å². The lowest BCUT2D eigenvalue weighted by Crippen LogP contribution is -2.12. The lowest BCUT2D eigenvalue weighted by Gasteiger charge is -2.09. The first kappa shape index (κ1) is 13.2. The van der Waals surface area contributed by atoms with Gasteiger partial charge in [-0.2, -0.15) is 0 Å². The number of aromatic nitrogens is 1. The molecule has 0 aliphatic heterocycles. The largest absolute Gasteiger partial charge is 0.493 e. The molecule has 3 N–H and O–H groups in total. The number of rotatable bonds is 4. The Kier molecular flexibility index (Phi) is 3.86. The molecule has 0 spiro atoms. The molecule has 19 heavy (non-hydrogen) atoms. The van der Waals surface area contributed by atoms with Gasteiger partial charge in [0.25, 0.3) is 5.91 Å². The fourth-order valence-electron chi connectivity index (χ4n) is 1.50. The van der Waals surface area contributed by atoms with Gasteiger partial charge in [0.15, 0.2) is 16.6 Å². The van der Waals surface area contributed by atoms with Gasteiger partial charge >= 0.3 is 0 Å². The van der Waals surface area contributed by atoms with Gasteiger partial charge in [0.1, 0.15) is 5.69 Å². The average molecular weight is 279 g/mol. The summed E-state index contributed by atoms with van der Waals surface area (Å²) in [7, 11) is 3.08. The minimum Gasteiger partial charge on any atom is -0.493 e. The van der Waals surface area contributed by atoms with E-state index in [1.165, 1.54) is 18.4 Å². The van der Waals surface area contributed by atoms with E-state index in [-0.39, 0.29) is 11.6 Å². The number of methoxy groups -OCH3 is 2. The third kappa shape index (κ3) is 2.94. The summed E-state index contributed by atoms with van der Waals surface area (Å²) in [6.45, 7) is 0. The van der Waals surface area contributed by atoms with Gasteiger partial charge < -0.3 is 20.5 Å². The number of nitrogens with zero attached hydrogens (tertiary/aromatic N) is 1. The molecule has 1 amide bonds. The van der Waals surface area contributed by atoms with Crippen LogP contribution in [-0.4, -0.2) is 25.1 Å². The van der Waals surface area contributed by atoms with Crippen molar-refractivity contribution in [3.8, 4) is 11.5 Å². The molecule has 1 heterocycles. The molecule has 0 fully saturated rings. The molecule has 0 aliphatic carbocycles. The quantitative estimate of drug-likeness (QED) is 0.893. The number of thiazole rings is 1. The number of benzene rings is 1. The summed E-state index contributed by atoms with van der Waals surface area (Å²) < 4.78 is 10.3. The molecule has 0 unspecified atom stereocenters. The van der Waals surface area contributed by atoms with Crippen LogP contribution in [0, 0.1) is 0 Å². The normalized spacial score (nSPS) is 10.0. The number of hydrogen-bond acceptors (Lipinski definition) is 6. The molecular formula is C12H13N3O3S.